The van der Waals surface area contributed by atoms with Crippen molar-refractivity contribution in [3.8, 4) is 0 Å². The summed E-state index contributed by atoms with van der Waals surface area (Å²) in [6.45, 7) is 0.705. The largest absolute Gasteiger partial charge is 0.315 e. The Hall–Kier alpha value is -0.620. The second kappa shape index (κ2) is 5.17. The fourth-order valence-electron chi connectivity index (χ4n) is 2.37. The Kier molecular flexibility index (Phi) is 3.56. The minimum Gasteiger partial charge on any atom is -0.315 e. The zero-order valence-corrected chi connectivity index (χ0v) is 12.1. The second-order valence-corrected chi connectivity index (χ2v) is 7.04. The van der Waals surface area contributed by atoms with Crippen LogP contribution in [0, 0.1) is 0 Å². The van der Waals surface area contributed by atoms with Crippen LogP contribution in [0.25, 0.3) is 0 Å². The lowest BCUT2D eigenvalue weighted by atomic mass is 9.94. The van der Waals surface area contributed by atoms with Crippen LogP contribution >= 0.6 is 34.3 Å². The summed E-state index contributed by atoms with van der Waals surface area (Å²) in [6.07, 6.45) is 3.47. The molecule has 1 aliphatic rings. The highest BCUT2D eigenvalue weighted by molar-refractivity contribution is 7.16. The van der Waals surface area contributed by atoms with Gasteiger partial charge in [0.05, 0.1) is 4.34 Å². The van der Waals surface area contributed by atoms with Crippen molar-refractivity contribution in [3.05, 3.63) is 41.6 Å². The van der Waals surface area contributed by atoms with Crippen molar-refractivity contribution in [2.24, 2.45) is 0 Å². The van der Waals surface area contributed by atoms with Crippen molar-refractivity contribution in [1.29, 1.82) is 0 Å². The highest BCUT2D eigenvalue weighted by atomic mass is 35.5. The fourth-order valence-corrected chi connectivity index (χ4v) is 4.33. The van der Waals surface area contributed by atoms with Crippen LogP contribution in [0.15, 0.2) is 16.2 Å². The lowest BCUT2D eigenvalue weighted by Crippen LogP contribution is -2.24. The quantitative estimate of drug-likeness (QED) is 0.913. The van der Waals surface area contributed by atoms with Crippen LogP contribution in [0.4, 0.5) is 0 Å². The summed E-state index contributed by atoms with van der Waals surface area (Å²) in [6, 6.07) is 2.44. The van der Waals surface area contributed by atoms with Crippen molar-refractivity contribution in [3.63, 3.8) is 0 Å². The van der Waals surface area contributed by atoms with Gasteiger partial charge in [0.2, 0.25) is 0 Å². The molecule has 0 bridgehead atoms. The molecule has 0 saturated heterocycles. The first-order valence-corrected chi connectivity index (χ1v) is 7.98. The number of fused-ring (bicyclic) bond motifs is 1. The van der Waals surface area contributed by atoms with Crippen LogP contribution in [0.1, 0.15) is 35.0 Å². The normalized spacial score (nSPS) is 18.8. The molecule has 0 aliphatic heterocycles. The van der Waals surface area contributed by atoms with Gasteiger partial charge in [0.25, 0.3) is 0 Å². The van der Waals surface area contributed by atoms with Gasteiger partial charge in [-0.15, -0.1) is 11.3 Å². The maximum absolute atomic E-state index is 11.1. The highest BCUT2D eigenvalue weighted by Crippen LogP contribution is 2.37. The average molecular weight is 301 g/mol. The van der Waals surface area contributed by atoms with Gasteiger partial charge >= 0.3 is 4.87 Å². The second-order valence-electron chi connectivity index (χ2n) is 4.43. The number of thiophene rings is 1. The first kappa shape index (κ1) is 12.4. The number of aryl methyl sites for hydroxylation is 1. The Morgan fingerprint density at radius 2 is 2.44 bits per heavy atom. The Bertz CT molecular complexity index is 601. The van der Waals surface area contributed by atoms with E-state index in [0.717, 1.165) is 22.9 Å². The molecule has 0 radical (unpaired) electrons. The molecule has 1 aliphatic carbocycles. The monoisotopic (exact) mass is 300 g/mol. The predicted octanol–water partition coefficient (Wildman–Crippen LogP) is 3.32. The maximum Gasteiger partial charge on any atom is 0.304 e. The van der Waals surface area contributed by atoms with E-state index < -0.39 is 0 Å². The van der Waals surface area contributed by atoms with E-state index in [2.05, 4.69) is 16.4 Å². The number of H-pyrrole nitrogens is 1. The smallest absolute Gasteiger partial charge is 0.304 e. The minimum absolute atomic E-state index is 0.00899. The standard InChI is InChI=1S/C12H13ClN2OS2/c13-11-4-8-9(2-1-3-10(8)18-11)14-5-7-6-17-12(16)15-7/h4,6,9,14H,1-3,5H2,(H,15,16). The summed E-state index contributed by atoms with van der Waals surface area (Å²) < 4.78 is 0.873. The first-order valence-electron chi connectivity index (χ1n) is 5.90. The van der Waals surface area contributed by atoms with E-state index in [1.165, 1.54) is 28.2 Å². The van der Waals surface area contributed by atoms with Crippen molar-refractivity contribution >= 4 is 34.3 Å². The zero-order chi connectivity index (χ0) is 12.5. The molecule has 0 aromatic carbocycles. The van der Waals surface area contributed by atoms with Gasteiger partial charge in [-0.25, -0.2) is 0 Å². The number of hydrogen-bond donors (Lipinski definition) is 2. The first-order chi connectivity index (χ1) is 8.72. The van der Waals surface area contributed by atoms with E-state index in [4.69, 9.17) is 11.6 Å². The Morgan fingerprint density at radius 3 is 3.22 bits per heavy atom. The topological polar surface area (TPSA) is 44.9 Å². The molecule has 2 aromatic heterocycles. The summed E-state index contributed by atoms with van der Waals surface area (Å²) in [5.41, 5.74) is 2.30. The third kappa shape index (κ3) is 2.54. The zero-order valence-electron chi connectivity index (χ0n) is 9.66. The summed E-state index contributed by atoms with van der Waals surface area (Å²) in [5.74, 6) is 0. The Morgan fingerprint density at radius 1 is 1.56 bits per heavy atom. The van der Waals surface area contributed by atoms with Gasteiger partial charge in [-0.05, 0) is 30.9 Å². The van der Waals surface area contributed by atoms with Crippen molar-refractivity contribution < 1.29 is 0 Å². The lowest BCUT2D eigenvalue weighted by Gasteiger charge is -2.23. The molecule has 2 heterocycles. The van der Waals surface area contributed by atoms with E-state index in [9.17, 15) is 4.79 Å². The van der Waals surface area contributed by atoms with E-state index >= 15 is 0 Å². The van der Waals surface area contributed by atoms with Crippen molar-refractivity contribution in [2.45, 2.75) is 31.8 Å². The van der Waals surface area contributed by atoms with Crippen LogP contribution in [0.5, 0.6) is 0 Å². The molecule has 0 amide bonds. The summed E-state index contributed by atoms with van der Waals surface area (Å²) in [5, 5.41) is 5.38. The maximum atomic E-state index is 11.1. The Balaban J connectivity index is 1.72. The molecule has 1 unspecified atom stereocenters. The third-order valence-electron chi connectivity index (χ3n) is 3.19. The van der Waals surface area contributed by atoms with Crippen LogP contribution in [0.3, 0.4) is 0 Å². The van der Waals surface area contributed by atoms with Crippen LogP contribution in [0.2, 0.25) is 4.34 Å². The van der Waals surface area contributed by atoms with Crippen LogP contribution in [-0.2, 0) is 13.0 Å². The molecular weight excluding hydrogens is 288 g/mol. The number of hydrogen-bond acceptors (Lipinski definition) is 4. The summed E-state index contributed by atoms with van der Waals surface area (Å²) in [7, 11) is 0. The SMILES string of the molecule is O=c1[nH]c(CNC2CCCc3sc(Cl)cc32)cs1. The number of nitrogens with one attached hydrogen (secondary N) is 2. The Labute approximate surface area is 118 Å². The van der Waals surface area contributed by atoms with Crippen LogP contribution in [-0.4, -0.2) is 4.98 Å². The van der Waals surface area contributed by atoms with Gasteiger partial charge in [-0.3, -0.25) is 4.79 Å². The van der Waals surface area contributed by atoms with E-state index in [-0.39, 0.29) is 4.87 Å². The number of aromatic nitrogens is 1. The number of halogens is 1. The molecule has 1 atom stereocenters. The summed E-state index contributed by atoms with van der Waals surface area (Å²) in [4.78, 5) is 15.3. The number of rotatable bonds is 3. The van der Waals surface area contributed by atoms with Gasteiger partial charge in [-0.1, -0.05) is 22.9 Å². The van der Waals surface area contributed by atoms with Gasteiger partial charge in [0.1, 0.15) is 0 Å². The van der Waals surface area contributed by atoms with Gasteiger partial charge in [0, 0.05) is 28.5 Å². The average Bonchev–Trinajstić information content (AvgIpc) is 2.91. The molecule has 2 N–H and O–H groups in total. The molecule has 0 spiro atoms. The molecule has 0 fully saturated rings. The van der Waals surface area contributed by atoms with E-state index in [0.29, 0.717) is 12.6 Å². The molecule has 3 rings (SSSR count). The number of aromatic amines is 1. The third-order valence-corrected chi connectivity index (χ3v) is 5.25. The van der Waals surface area contributed by atoms with Crippen LogP contribution < -0.4 is 10.2 Å². The van der Waals surface area contributed by atoms with E-state index in [1.807, 2.05) is 5.38 Å². The fraction of sp³-hybridized carbons (Fsp3) is 0.417. The molecular formula is C12H13ClN2OS2. The lowest BCUT2D eigenvalue weighted by molar-refractivity contribution is 0.460. The van der Waals surface area contributed by atoms with Gasteiger partial charge in [0.15, 0.2) is 0 Å². The molecule has 96 valence electrons. The van der Waals surface area contributed by atoms with Crippen molar-refractivity contribution in [2.75, 3.05) is 0 Å². The van der Waals surface area contributed by atoms with Crippen molar-refractivity contribution in [1.82, 2.24) is 10.3 Å². The predicted molar refractivity (Wildman–Crippen MR) is 76.8 cm³/mol. The molecule has 18 heavy (non-hydrogen) atoms. The van der Waals surface area contributed by atoms with Gasteiger partial charge < -0.3 is 10.3 Å². The molecule has 3 nitrogen and oxygen atoms in total. The molecule has 2 aromatic rings. The molecule has 0 saturated carbocycles. The molecule has 6 heteroatoms. The minimum atomic E-state index is 0.00899. The van der Waals surface area contributed by atoms with E-state index in [1.54, 1.807) is 11.3 Å². The number of thiazole rings is 1. The van der Waals surface area contributed by atoms with Gasteiger partial charge in [-0.2, -0.15) is 0 Å². The summed E-state index contributed by atoms with van der Waals surface area (Å²) >= 11 is 8.98. The highest BCUT2D eigenvalue weighted by Gasteiger charge is 2.22.